The summed E-state index contributed by atoms with van der Waals surface area (Å²) < 4.78 is 4.91. The van der Waals surface area contributed by atoms with Crippen molar-refractivity contribution in [2.75, 3.05) is 0 Å². The summed E-state index contributed by atoms with van der Waals surface area (Å²) in [4.78, 5) is 36.5. The quantitative estimate of drug-likeness (QED) is 0.416. The molecule has 8 heteroatoms. The predicted octanol–water partition coefficient (Wildman–Crippen LogP) is 0.0265. The number of nitrogens with two attached hydrogens (primary N) is 1. The highest BCUT2D eigenvalue weighted by Crippen LogP contribution is 2.01. The van der Waals surface area contributed by atoms with Gasteiger partial charge in [-0.3, -0.25) is 9.59 Å². The number of rotatable bonds is 7. The first-order chi connectivity index (χ1) is 10.0. The highest BCUT2D eigenvalue weighted by Gasteiger charge is 2.24. The lowest BCUT2D eigenvalue weighted by atomic mass is 10.1. The number of benzene rings is 1. The standard InChI is InChI=1S/C13H14N4O4/c14-12(19)6-10(11(18)7-16-15)17-13(20)21-8-9-4-2-1-3-5-9/h1-5,7,10H,6,8H2,(H2,14,19)(H,17,20)/t10-/m0/s1. The number of carbonyl (C=O) groups excluding carboxylic acids is 3. The molecule has 0 heterocycles. The van der Waals surface area contributed by atoms with Gasteiger partial charge in [0.1, 0.15) is 12.6 Å². The minimum Gasteiger partial charge on any atom is -0.445 e. The second kappa shape index (κ2) is 8.23. The zero-order valence-corrected chi connectivity index (χ0v) is 11.1. The Labute approximate surface area is 120 Å². The van der Waals surface area contributed by atoms with Crippen LogP contribution in [0.1, 0.15) is 12.0 Å². The van der Waals surface area contributed by atoms with Gasteiger partial charge in [-0.05, 0) is 5.56 Å². The summed E-state index contributed by atoms with van der Waals surface area (Å²) >= 11 is 0. The molecule has 0 aliphatic heterocycles. The minimum atomic E-state index is -1.23. The first kappa shape index (κ1) is 16.1. The Hall–Kier alpha value is -2.99. The van der Waals surface area contributed by atoms with Crippen LogP contribution >= 0.6 is 0 Å². The van der Waals surface area contributed by atoms with Crippen LogP contribution in [0.5, 0.6) is 0 Å². The van der Waals surface area contributed by atoms with E-state index in [0.29, 0.717) is 6.21 Å². The fraction of sp³-hybridized carbons (Fsp3) is 0.231. The van der Waals surface area contributed by atoms with Crippen LogP contribution in [0.25, 0.3) is 5.53 Å². The fourth-order valence-corrected chi connectivity index (χ4v) is 1.48. The molecular formula is C13H14N4O4. The van der Waals surface area contributed by atoms with Crippen molar-refractivity contribution in [3.63, 3.8) is 0 Å². The van der Waals surface area contributed by atoms with E-state index in [-0.39, 0.29) is 6.61 Å². The van der Waals surface area contributed by atoms with E-state index in [4.69, 9.17) is 16.0 Å². The first-order valence-electron chi connectivity index (χ1n) is 5.99. The summed E-state index contributed by atoms with van der Waals surface area (Å²) in [6.07, 6.45) is -0.735. The van der Waals surface area contributed by atoms with E-state index in [9.17, 15) is 14.4 Å². The Morgan fingerprint density at radius 3 is 2.57 bits per heavy atom. The van der Waals surface area contributed by atoms with Crippen molar-refractivity contribution in [3.8, 4) is 0 Å². The van der Waals surface area contributed by atoms with Crippen molar-refractivity contribution in [3.05, 3.63) is 41.4 Å². The maximum absolute atomic E-state index is 11.6. The molecule has 1 aromatic rings. The van der Waals surface area contributed by atoms with Gasteiger partial charge in [-0.25, -0.2) is 4.79 Å². The van der Waals surface area contributed by atoms with Gasteiger partial charge < -0.3 is 21.3 Å². The number of hydrogen-bond donors (Lipinski definition) is 2. The molecular weight excluding hydrogens is 276 g/mol. The summed E-state index contributed by atoms with van der Waals surface area (Å²) in [7, 11) is 0. The number of nitrogens with zero attached hydrogens (tertiary/aromatic N) is 2. The van der Waals surface area contributed by atoms with Crippen LogP contribution in [-0.2, 0) is 20.9 Å². The van der Waals surface area contributed by atoms with Gasteiger partial charge in [-0.15, -0.1) is 0 Å². The SMILES string of the molecule is [N-]=[N+]=CC(=O)[C@H](CC(N)=O)NC(=O)OCc1ccccc1. The summed E-state index contributed by atoms with van der Waals surface area (Å²) in [6.45, 7) is 0.0121. The second-order valence-electron chi connectivity index (χ2n) is 4.08. The summed E-state index contributed by atoms with van der Waals surface area (Å²) in [6, 6.07) is 7.68. The predicted molar refractivity (Wildman–Crippen MR) is 72.1 cm³/mol. The molecule has 0 saturated carbocycles. The Kier molecular flexibility index (Phi) is 6.30. The normalized spacial score (nSPS) is 10.9. The van der Waals surface area contributed by atoms with Crippen LogP contribution in [-0.4, -0.2) is 34.8 Å². The second-order valence-corrected chi connectivity index (χ2v) is 4.08. The van der Waals surface area contributed by atoms with Crippen molar-refractivity contribution in [2.45, 2.75) is 19.1 Å². The van der Waals surface area contributed by atoms with Gasteiger partial charge in [0.15, 0.2) is 0 Å². The Bertz CT molecular complexity index is 567. The molecule has 1 aromatic carbocycles. The molecule has 1 rings (SSSR count). The molecule has 0 aliphatic carbocycles. The molecule has 110 valence electrons. The number of ether oxygens (including phenoxy) is 1. The molecule has 0 bridgehead atoms. The zero-order valence-electron chi connectivity index (χ0n) is 11.1. The number of primary amides is 1. The Balaban J connectivity index is 2.57. The number of amides is 2. The molecule has 0 fully saturated rings. The van der Waals surface area contributed by atoms with E-state index in [1.54, 1.807) is 24.3 Å². The maximum Gasteiger partial charge on any atom is 0.408 e. The average Bonchev–Trinajstić information content (AvgIpc) is 2.45. The van der Waals surface area contributed by atoms with Gasteiger partial charge in [-0.1, -0.05) is 30.3 Å². The van der Waals surface area contributed by atoms with Crippen LogP contribution in [0.3, 0.4) is 0 Å². The molecule has 1 atom stereocenters. The third-order valence-corrected chi connectivity index (χ3v) is 2.44. The van der Waals surface area contributed by atoms with E-state index in [0.717, 1.165) is 5.56 Å². The number of alkyl carbamates (subject to hydrolysis) is 1. The Morgan fingerprint density at radius 1 is 1.33 bits per heavy atom. The molecule has 0 spiro atoms. The Morgan fingerprint density at radius 2 is 2.00 bits per heavy atom. The molecule has 2 amide bonds. The first-order valence-corrected chi connectivity index (χ1v) is 5.99. The topological polar surface area (TPSA) is 135 Å². The highest BCUT2D eigenvalue weighted by atomic mass is 16.5. The molecule has 21 heavy (non-hydrogen) atoms. The lowest BCUT2D eigenvalue weighted by Gasteiger charge is -2.13. The van der Waals surface area contributed by atoms with Gasteiger partial charge in [0.05, 0.1) is 6.42 Å². The molecule has 8 nitrogen and oxygen atoms in total. The van der Waals surface area contributed by atoms with Crippen molar-refractivity contribution in [2.24, 2.45) is 5.73 Å². The van der Waals surface area contributed by atoms with Gasteiger partial charge in [0.25, 0.3) is 5.78 Å². The average molecular weight is 290 g/mol. The molecule has 0 aliphatic rings. The summed E-state index contributed by atoms with van der Waals surface area (Å²) in [5.41, 5.74) is 14.0. The van der Waals surface area contributed by atoms with Crippen molar-refractivity contribution >= 4 is 24.0 Å². The van der Waals surface area contributed by atoms with Crippen LogP contribution in [0.2, 0.25) is 0 Å². The van der Waals surface area contributed by atoms with Crippen LogP contribution in [0.15, 0.2) is 30.3 Å². The minimum absolute atomic E-state index is 0.0121. The number of carbonyl (C=O) groups is 3. The van der Waals surface area contributed by atoms with Gasteiger partial charge in [-0.2, -0.15) is 4.79 Å². The number of Topliss-reactive ketones (excluding diaryl/α,β-unsaturated/α-hetero) is 1. The fourth-order valence-electron chi connectivity index (χ4n) is 1.48. The zero-order chi connectivity index (χ0) is 15.7. The van der Waals surface area contributed by atoms with Crippen molar-refractivity contribution in [1.29, 1.82) is 0 Å². The number of ketones is 1. The van der Waals surface area contributed by atoms with E-state index in [2.05, 4.69) is 10.1 Å². The largest absolute Gasteiger partial charge is 0.445 e. The van der Waals surface area contributed by atoms with Crippen LogP contribution < -0.4 is 11.1 Å². The van der Waals surface area contributed by atoms with Gasteiger partial charge in [0, 0.05) is 0 Å². The maximum atomic E-state index is 11.6. The van der Waals surface area contributed by atoms with E-state index in [1.165, 1.54) is 0 Å². The lowest BCUT2D eigenvalue weighted by molar-refractivity contribution is -0.123. The van der Waals surface area contributed by atoms with Gasteiger partial charge >= 0.3 is 12.3 Å². The molecule has 0 unspecified atom stereocenters. The van der Waals surface area contributed by atoms with E-state index < -0.39 is 30.2 Å². The van der Waals surface area contributed by atoms with Crippen LogP contribution in [0.4, 0.5) is 4.79 Å². The third kappa shape index (κ3) is 6.13. The van der Waals surface area contributed by atoms with Crippen molar-refractivity contribution in [1.82, 2.24) is 5.32 Å². The van der Waals surface area contributed by atoms with Gasteiger partial charge in [0.2, 0.25) is 5.91 Å². The molecule has 0 radical (unpaired) electrons. The van der Waals surface area contributed by atoms with Crippen LogP contribution in [0, 0.1) is 0 Å². The molecule has 0 aromatic heterocycles. The van der Waals surface area contributed by atoms with Crippen molar-refractivity contribution < 1.29 is 23.9 Å². The summed E-state index contributed by atoms with van der Waals surface area (Å²) in [5.74, 6) is -1.56. The number of nitrogens with one attached hydrogen (secondary N) is 1. The van der Waals surface area contributed by atoms with E-state index >= 15 is 0 Å². The monoisotopic (exact) mass is 290 g/mol. The molecule has 0 saturated heterocycles. The number of hydrogen-bond acceptors (Lipinski definition) is 4. The highest BCUT2D eigenvalue weighted by molar-refractivity contribution is 6.28. The lowest BCUT2D eigenvalue weighted by Crippen LogP contribution is -2.44. The smallest absolute Gasteiger partial charge is 0.408 e. The summed E-state index contributed by atoms with van der Waals surface area (Å²) in [5, 5.41) is 2.19. The van der Waals surface area contributed by atoms with E-state index in [1.807, 2.05) is 6.07 Å². The third-order valence-electron chi connectivity index (χ3n) is 2.44. The molecule has 3 N–H and O–H groups in total.